The van der Waals surface area contributed by atoms with Crippen molar-refractivity contribution in [3.63, 3.8) is 0 Å². The average Bonchev–Trinajstić information content (AvgIpc) is 2.45. The summed E-state index contributed by atoms with van der Waals surface area (Å²) >= 11 is 0. The second kappa shape index (κ2) is 9.34. The number of benzene rings is 1. The molecule has 0 unspecified atom stereocenters. The molecule has 1 rings (SSSR count). The molecule has 1 aromatic rings. The maximum absolute atomic E-state index is 11.8. The summed E-state index contributed by atoms with van der Waals surface area (Å²) in [5.41, 5.74) is 10.2. The third-order valence-electron chi connectivity index (χ3n) is 3.54. The number of carbonyl (C=O) groups is 1. The van der Waals surface area contributed by atoms with Crippen molar-refractivity contribution in [1.82, 2.24) is 0 Å². The fraction of sp³-hybridized carbons (Fsp3) is 0.611. The highest BCUT2D eigenvalue weighted by Crippen LogP contribution is 2.26. The lowest BCUT2D eigenvalue weighted by Gasteiger charge is -2.15. The van der Waals surface area contributed by atoms with Crippen LogP contribution in [0.15, 0.2) is 12.1 Å². The fourth-order valence-electron chi connectivity index (χ4n) is 2.36. The number of nitrogen functional groups attached to an aromatic ring is 1. The van der Waals surface area contributed by atoms with Crippen LogP contribution < -0.4 is 11.1 Å². The zero-order chi connectivity index (χ0) is 16.5. The van der Waals surface area contributed by atoms with Crippen molar-refractivity contribution < 1.29 is 9.53 Å². The number of ether oxygens (including phenoxy) is 1. The molecular formula is C18H30N2O2. The van der Waals surface area contributed by atoms with Gasteiger partial charge in [-0.1, -0.05) is 26.7 Å². The third-order valence-corrected chi connectivity index (χ3v) is 3.54. The maximum Gasteiger partial charge on any atom is 0.411 e. The van der Waals surface area contributed by atoms with Gasteiger partial charge in [0.05, 0.1) is 6.10 Å². The number of carbonyl (C=O) groups excluding carboxylic acids is 1. The Hall–Kier alpha value is -1.71. The van der Waals surface area contributed by atoms with Crippen molar-refractivity contribution in [3.05, 3.63) is 23.3 Å². The van der Waals surface area contributed by atoms with Gasteiger partial charge in [0, 0.05) is 11.4 Å². The Labute approximate surface area is 134 Å². The molecule has 124 valence electrons. The molecule has 0 fully saturated rings. The first-order valence-electron chi connectivity index (χ1n) is 8.36. The van der Waals surface area contributed by atoms with E-state index in [1.807, 2.05) is 26.0 Å². The summed E-state index contributed by atoms with van der Waals surface area (Å²) in [5, 5.41) is 2.82. The molecule has 3 N–H and O–H groups in total. The summed E-state index contributed by atoms with van der Waals surface area (Å²) in [6, 6.07) is 3.95. The molecule has 1 amide bonds. The van der Waals surface area contributed by atoms with Crippen LogP contribution in [0.3, 0.4) is 0 Å². The monoisotopic (exact) mass is 306 g/mol. The van der Waals surface area contributed by atoms with Crippen molar-refractivity contribution >= 4 is 17.5 Å². The van der Waals surface area contributed by atoms with Crippen molar-refractivity contribution in [2.45, 2.75) is 72.3 Å². The fourth-order valence-corrected chi connectivity index (χ4v) is 2.36. The van der Waals surface area contributed by atoms with Crippen LogP contribution in [-0.4, -0.2) is 12.2 Å². The molecule has 0 aromatic heterocycles. The molecule has 4 heteroatoms. The number of unbranched alkanes of at least 4 members (excludes halogenated alkanes) is 2. The lowest BCUT2D eigenvalue weighted by atomic mass is 9.98. The Balaban J connectivity index is 2.96. The SMILES string of the molecule is CCCCc1cc(NC(=O)OC(C)C)cc(CCCC)c1N. The van der Waals surface area contributed by atoms with Gasteiger partial charge in [0.1, 0.15) is 0 Å². The molecule has 0 bridgehead atoms. The molecular weight excluding hydrogens is 276 g/mol. The maximum atomic E-state index is 11.8. The summed E-state index contributed by atoms with van der Waals surface area (Å²) in [6.07, 6.45) is 5.77. The van der Waals surface area contributed by atoms with E-state index in [1.165, 1.54) is 0 Å². The lowest BCUT2D eigenvalue weighted by molar-refractivity contribution is 0.130. The minimum absolute atomic E-state index is 0.132. The Bertz CT molecular complexity index is 455. The van der Waals surface area contributed by atoms with E-state index in [1.54, 1.807) is 0 Å². The zero-order valence-corrected chi connectivity index (χ0v) is 14.4. The molecule has 0 heterocycles. The quantitative estimate of drug-likeness (QED) is 0.671. The highest BCUT2D eigenvalue weighted by atomic mass is 16.6. The topological polar surface area (TPSA) is 64.3 Å². The van der Waals surface area contributed by atoms with Crippen molar-refractivity contribution in [3.8, 4) is 0 Å². The second-order valence-electron chi connectivity index (χ2n) is 5.99. The average molecular weight is 306 g/mol. The summed E-state index contributed by atoms with van der Waals surface area (Å²) in [7, 11) is 0. The molecule has 0 saturated heterocycles. The zero-order valence-electron chi connectivity index (χ0n) is 14.4. The van der Waals surface area contributed by atoms with E-state index >= 15 is 0 Å². The first-order chi connectivity index (χ1) is 10.5. The summed E-state index contributed by atoms with van der Waals surface area (Å²) in [4.78, 5) is 11.8. The number of rotatable bonds is 8. The molecule has 0 radical (unpaired) electrons. The number of hydrogen-bond donors (Lipinski definition) is 2. The normalized spacial score (nSPS) is 10.8. The number of nitrogens with two attached hydrogens (primary N) is 1. The number of nitrogens with one attached hydrogen (secondary N) is 1. The highest BCUT2D eigenvalue weighted by molar-refractivity contribution is 5.85. The Morgan fingerprint density at radius 2 is 1.64 bits per heavy atom. The van der Waals surface area contributed by atoms with Gasteiger partial charge < -0.3 is 10.5 Å². The first kappa shape index (κ1) is 18.3. The van der Waals surface area contributed by atoms with E-state index < -0.39 is 6.09 Å². The summed E-state index contributed by atoms with van der Waals surface area (Å²) in [5.74, 6) is 0. The molecule has 0 aliphatic carbocycles. The van der Waals surface area contributed by atoms with E-state index in [2.05, 4.69) is 19.2 Å². The molecule has 22 heavy (non-hydrogen) atoms. The third kappa shape index (κ3) is 5.96. The van der Waals surface area contributed by atoms with Gasteiger partial charge in [-0.05, 0) is 62.8 Å². The number of hydrogen-bond acceptors (Lipinski definition) is 3. The summed E-state index contributed by atoms with van der Waals surface area (Å²) < 4.78 is 5.15. The second-order valence-corrected chi connectivity index (χ2v) is 5.99. The molecule has 0 aliphatic rings. The van der Waals surface area contributed by atoms with Crippen LogP contribution in [0.5, 0.6) is 0 Å². The van der Waals surface area contributed by atoms with Crippen LogP contribution in [0.25, 0.3) is 0 Å². The van der Waals surface area contributed by atoms with Gasteiger partial charge in [-0.25, -0.2) is 4.79 Å². The Kier molecular flexibility index (Phi) is 7.78. The summed E-state index contributed by atoms with van der Waals surface area (Å²) in [6.45, 7) is 8.00. The lowest BCUT2D eigenvalue weighted by Crippen LogP contribution is -2.18. The van der Waals surface area contributed by atoms with Gasteiger partial charge in [-0.3, -0.25) is 5.32 Å². The van der Waals surface area contributed by atoms with Crippen LogP contribution >= 0.6 is 0 Å². The van der Waals surface area contributed by atoms with E-state index in [4.69, 9.17) is 10.5 Å². The largest absolute Gasteiger partial charge is 0.447 e. The number of amides is 1. The van der Waals surface area contributed by atoms with E-state index in [0.717, 1.165) is 61.0 Å². The molecule has 0 atom stereocenters. The molecule has 0 spiro atoms. The van der Waals surface area contributed by atoms with E-state index in [0.29, 0.717) is 0 Å². The minimum atomic E-state index is -0.414. The highest BCUT2D eigenvalue weighted by Gasteiger charge is 2.11. The van der Waals surface area contributed by atoms with Crippen LogP contribution in [0.2, 0.25) is 0 Å². The Morgan fingerprint density at radius 3 is 2.05 bits per heavy atom. The number of aryl methyl sites for hydroxylation is 2. The predicted molar refractivity (Wildman–Crippen MR) is 93.3 cm³/mol. The van der Waals surface area contributed by atoms with Crippen LogP contribution in [0, 0.1) is 0 Å². The van der Waals surface area contributed by atoms with Gasteiger partial charge in [-0.15, -0.1) is 0 Å². The van der Waals surface area contributed by atoms with E-state index in [9.17, 15) is 4.79 Å². The van der Waals surface area contributed by atoms with Gasteiger partial charge >= 0.3 is 6.09 Å². The number of anilines is 2. The van der Waals surface area contributed by atoms with Crippen LogP contribution in [0.4, 0.5) is 16.2 Å². The van der Waals surface area contributed by atoms with Crippen LogP contribution in [0.1, 0.15) is 64.5 Å². The molecule has 4 nitrogen and oxygen atoms in total. The van der Waals surface area contributed by atoms with Gasteiger partial charge in [-0.2, -0.15) is 0 Å². The van der Waals surface area contributed by atoms with Gasteiger partial charge in [0.25, 0.3) is 0 Å². The van der Waals surface area contributed by atoms with Crippen molar-refractivity contribution in [2.24, 2.45) is 0 Å². The van der Waals surface area contributed by atoms with E-state index in [-0.39, 0.29) is 6.10 Å². The Morgan fingerprint density at radius 1 is 1.14 bits per heavy atom. The molecule has 0 aliphatic heterocycles. The predicted octanol–water partition coefficient (Wildman–Crippen LogP) is 4.91. The van der Waals surface area contributed by atoms with Crippen molar-refractivity contribution in [1.29, 1.82) is 0 Å². The molecule has 1 aromatic carbocycles. The van der Waals surface area contributed by atoms with Crippen LogP contribution in [-0.2, 0) is 17.6 Å². The minimum Gasteiger partial charge on any atom is -0.447 e. The van der Waals surface area contributed by atoms with Gasteiger partial charge in [0.15, 0.2) is 0 Å². The van der Waals surface area contributed by atoms with Gasteiger partial charge in [0.2, 0.25) is 0 Å². The first-order valence-corrected chi connectivity index (χ1v) is 8.36. The molecule has 0 saturated carbocycles. The van der Waals surface area contributed by atoms with Crippen molar-refractivity contribution in [2.75, 3.05) is 11.1 Å². The standard InChI is InChI=1S/C18H30N2O2/c1-5-7-9-14-11-16(20-18(21)22-13(3)4)12-15(17(14)19)10-8-6-2/h11-13H,5-10,19H2,1-4H3,(H,20,21). The smallest absolute Gasteiger partial charge is 0.411 e.